The second-order valence-electron chi connectivity index (χ2n) is 6.20. The molecular formula is C16H24N4. The van der Waals surface area contributed by atoms with Gasteiger partial charge in [-0.3, -0.25) is 0 Å². The molecule has 0 saturated carbocycles. The van der Waals surface area contributed by atoms with E-state index in [1.165, 1.54) is 23.9 Å². The van der Waals surface area contributed by atoms with Gasteiger partial charge in [0.15, 0.2) is 0 Å². The third-order valence-corrected chi connectivity index (χ3v) is 3.99. The number of piperidine rings is 1. The number of pyridine rings is 1. The van der Waals surface area contributed by atoms with Crippen molar-refractivity contribution in [3.63, 3.8) is 0 Å². The number of fused-ring (bicyclic) bond motifs is 1. The van der Waals surface area contributed by atoms with E-state index in [-0.39, 0.29) is 0 Å². The number of H-pyrrole nitrogens is 1. The summed E-state index contributed by atoms with van der Waals surface area (Å²) in [6, 6.07) is 4.93. The summed E-state index contributed by atoms with van der Waals surface area (Å²) in [5.41, 5.74) is 2.22. The topological polar surface area (TPSA) is 44.0 Å². The molecule has 0 bridgehead atoms. The van der Waals surface area contributed by atoms with Crippen LogP contribution in [0.4, 0.5) is 5.69 Å². The van der Waals surface area contributed by atoms with Crippen LogP contribution in [0, 0.1) is 5.92 Å². The third kappa shape index (κ3) is 2.96. The minimum absolute atomic E-state index is 0.605. The highest BCUT2D eigenvalue weighted by molar-refractivity contribution is 5.79. The molecule has 0 amide bonds. The summed E-state index contributed by atoms with van der Waals surface area (Å²) in [7, 11) is 0. The van der Waals surface area contributed by atoms with E-state index >= 15 is 0 Å². The van der Waals surface area contributed by atoms with E-state index in [1.54, 1.807) is 0 Å². The zero-order valence-electron chi connectivity index (χ0n) is 12.4. The van der Waals surface area contributed by atoms with Gasteiger partial charge in [-0.15, -0.1) is 0 Å². The summed E-state index contributed by atoms with van der Waals surface area (Å²) < 4.78 is 0. The molecule has 1 aliphatic rings. The van der Waals surface area contributed by atoms with Crippen LogP contribution in [0.3, 0.4) is 0 Å². The fourth-order valence-corrected chi connectivity index (χ4v) is 2.88. The van der Waals surface area contributed by atoms with E-state index in [4.69, 9.17) is 0 Å². The minimum Gasteiger partial charge on any atom is -0.369 e. The van der Waals surface area contributed by atoms with E-state index in [1.807, 2.05) is 12.4 Å². The van der Waals surface area contributed by atoms with Gasteiger partial charge in [-0.25, -0.2) is 4.98 Å². The standard InChI is InChI=1S/C16H24N4/c1-12(2)9-18-14-4-3-7-20(11-14)15-8-13-5-6-17-16(13)19-10-15/h5-6,8,10,12,14,18H,3-4,7,9,11H2,1-2H3,(H,17,19). The van der Waals surface area contributed by atoms with Crippen molar-refractivity contribution in [2.75, 3.05) is 24.5 Å². The summed E-state index contributed by atoms with van der Waals surface area (Å²) in [6.45, 7) is 7.85. The smallest absolute Gasteiger partial charge is 0.137 e. The average molecular weight is 272 g/mol. The van der Waals surface area contributed by atoms with Crippen LogP contribution in [-0.2, 0) is 0 Å². The molecule has 1 saturated heterocycles. The number of nitrogens with one attached hydrogen (secondary N) is 2. The third-order valence-electron chi connectivity index (χ3n) is 3.99. The molecule has 108 valence electrons. The molecule has 1 fully saturated rings. The molecule has 1 aliphatic heterocycles. The van der Waals surface area contributed by atoms with Crippen LogP contribution in [0.25, 0.3) is 11.0 Å². The first-order chi connectivity index (χ1) is 9.72. The fraction of sp³-hybridized carbons (Fsp3) is 0.562. The maximum atomic E-state index is 4.50. The van der Waals surface area contributed by atoms with Crippen molar-refractivity contribution >= 4 is 16.7 Å². The van der Waals surface area contributed by atoms with Crippen molar-refractivity contribution in [2.24, 2.45) is 5.92 Å². The molecule has 1 atom stereocenters. The Kier molecular flexibility index (Phi) is 3.92. The number of hydrogen-bond acceptors (Lipinski definition) is 3. The quantitative estimate of drug-likeness (QED) is 0.899. The Labute approximate surface area is 120 Å². The highest BCUT2D eigenvalue weighted by Crippen LogP contribution is 2.22. The van der Waals surface area contributed by atoms with Crippen LogP contribution in [-0.4, -0.2) is 35.6 Å². The van der Waals surface area contributed by atoms with E-state index < -0.39 is 0 Å². The van der Waals surface area contributed by atoms with Crippen LogP contribution in [0.2, 0.25) is 0 Å². The Morgan fingerprint density at radius 3 is 3.25 bits per heavy atom. The van der Waals surface area contributed by atoms with Gasteiger partial charge in [-0.1, -0.05) is 13.8 Å². The monoisotopic (exact) mass is 272 g/mol. The number of anilines is 1. The molecule has 0 radical (unpaired) electrons. The lowest BCUT2D eigenvalue weighted by Gasteiger charge is -2.35. The van der Waals surface area contributed by atoms with Crippen molar-refractivity contribution in [2.45, 2.75) is 32.7 Å². The molecule has 0 aliphatic carbocycles. The van der Waals surface area contributed by atoms with Crippen molar-refractivity contribution in [1.82, 2.24) is 15.3 Å². The molecule has 4 heteroatoms. The lowest BCUT2D eigenvalue weighted by atomic mass is 10.0. The maximum absolute atomic E-state index is 4.50. The van der Waals surface area contributed by atoms with Crippen LogP contribution >= 0.6 is 0 Å². The Hall–Kier alpha value is -1.55. The summed E-state index contributed by atoms with van der Waals surface area (Å²) >= 11 is 0. The molecule has 4 nitrogen and oxygen atoms in total. The zero-order chi connectivity index (χ0) is 13.9. The second kappa shape index (κ2) is 5.83. The van der Waals surface area contributed by atoms with E-state index in [9.17, 15) is 0 Å². The van der Waals surface area contributed by atoms with E-state index in [0.717, 1.165) is 25.3 Å². The number of aromatic amines is 1. The van der Waals surface area contributed by atoms with Crippen molar-refractivity contribution in [3.05, 3.63) is 24.5 Å². The molecule has 0 aromatic carbocycles. The molecule has 3 rings (SSSR count). The molecule has 0 spiro atoms. The lowest BCUT2D eigenvalue weighted by Crippen LogP contribution is -2.46. The first kappa shape index (κ1) is 13.4. The van der Waals surface area contributed by atoms with Gasteiger partial charge >= 0.3 is 0 Å². The molecule has 3 heterocycles. The molecule has 2 N–H and O–H groups in total. The Balaban J connectivity index is 1.69. The first-order valence-corrected chi connectivity index (χ1v) is 7.64. The van der Waals surface area contributed by atoms with Gasteiger partial charge in [-0.2, -0.15) is 0 Å². The first-order valence-electron chi connectivity index (χ1n) is 7.64. The van der Waals surface area contributed by atoms with Crippen LogP contribution in [0.1, 0.15) is 26.7 Å². The highest BCUT2D eigenvalue weighted by Gasteiger charge is 2.20. The number of aromatic nitrogens is 2. The molecule has 1 unspecified atom stereocenters. The lowest BCUT2D eigenvalue weighted by molar-refractivity contribution is 0.399. The van der Waals surface area contributed by atoms with Gasteiger partial charge in [0.2, 0.25) is 0 Å². The average Bonchev–Trinajstić information content (AvgIpc) is 2.93. The number of nitrogens with zero attached hydrogens (tertiary/aromatic N) is 2. The molecule has 20 heavy (non-hydrogen) atoms. The van der Waals surface area contributed by atoms with Gasteiger partial charge in [0.25, 0.3) is 0 Å². The Morgan fingerprint density at radius 1 is 1.50 bits per heavy atom. The normalized spacial score (nSPS) is 19.9. The van der Waals surface area contributed by atoms with Gasteiger partial charge in [-0.05, 0) is 37.4 Å². The summed E-state index contributed by atoms with van der Waals surface area (Å²) in [5, 5.41) is 4.88. The van der Waals surface area contributed by atoms with Crippen molar-refractivity contribution < 1.29 is 0 Å². The van der Waals surface area contributed by atoms with Crippen LogP contribution in [0.5, 0.6) is 0 Å². The van der Waals surface area contributed by atoms with Crippen molar-refractivity contribution in [1.29, 1.82) is 0 Å². The maximum Gasteiger partial charge on any atom is 0.137 e. The Bertz CT molecular complexity index is 560. The van der Waals surface area contributed by atoms with Gasteiger partial charge in [0, 0.05) is 30.7 Å². The Morgan fingerprint density at radius 2 is 2.40 bits per heavy atom. The zero-order valence-corrected chi connectivity index (χ0v) is 12.4. The molecular weight excluding hydrogens is 248 g/mol. The SMILES string of the molecule is CC(C)CNC1CCCN(c2cnc3[nH]ccc3c2)C1. The highest BCUT2D eigenvalue weighted by atomic mass is 15.2. The largest absolute Gasteiger partial charge is 0.369 e. The van der Waals surface area contributed by atoms with Crippen LogP contribution in [0.15, 0.2) is 24.5 Å². The number of rotatable bonds is 4. The molecule has 2 aromatic heterocycles. The van der Waals surface area contributed by atoms with Gasteiger partial charge in [0.05, 0.1) is 11.9 Å². The van der Waals surface area contributed by atoms with Gasteiger partial charge < -0.3 is 15.2 Å². The van der Waals surface area contributed by atoms with Gasteiger partial charge in [0.1, 0.15) is 5.65 Å². The van der Waals surface area contributed by atoms with Crippen LogP contribution < -0.4 is 10.2 Å². The summed E-state index contributed by atoms with van der Waals surface area (Å²) in [4.78, 5) is 10.1. The predicted octanol–water partition coefficient (Wildman–Crippen LogP) is 2.78. The van der Waals surface area contributed by atoms with E-state index in [2.05, 4.69) is 46.2 Å². The summed E-state index contributed by atoms with van der Waals surface area (Å²) in [6.07, 6.45) is 6.47. The second-order valence-corrected chi connectivity index (χ2v) is 6.20. The molecule has 2 aromatic rings. The predicted molar refractivity (Wildman–Crippen MR) is 84.2 cm³/mol. The van der Waals surface area contributed by atoms with E-state index in [0.29, 0.717) is 12.0 Å². The summed E-state index contributed by atoms with van der Waals surface area (Å²) in [5.74, 6) is 0.711. The minimum atomic E-state index is 0.605. The van der Waals surface area contributed by atoms with Crippen molar-refractivity contribution in [3.8, 4) is 0 Å². The number of hydrogen-bond donors (Lipinski definition) is 2. The fourth-order valence-electron chi connectivity index (χ4n) is 2.88.